The van der Waals surface area contributed by atoms with Crippen LogP contribution in [0.4, 0.5) is 0 Å². The second-order valence-corrected chi connectivity index (χ2v) is 31.8. The predicted octanol–water partition coefficient (Wildman–Crippen LogP) is 10.5. The zero-order chi connectivity index (χ0) is 27.9. The van der Waals surface area contributed by atoms with E-state index in [1.165, 1.54) is 11.1 Å². The summed E-state index contributed by atoms with van der Waals surface area (Å²) in [6, 6.07) is 17.1. The van der Waals surface area contributed by atoms with Crippen LogP contribution in [0, 0.1) is 28.7 Å². The van der Waals surface area contributed by atoms with Gasteiger partial charge < -0.3 is 34.1 Å². The van der Waals surface area contributed by atoms with Crippen LogP contribution >= 0.6 is 0 Å². The van der Waals surface area contributed by atoms with E-state index in [4.69, 9.17) is 19.3 Å². The number of amidine groups is 2. The van der Waals surface area contributed by atoms with Crippen LogP contribution in [0.2, 0.25) is 78.6 Å². The molecule has 2 rings (SSSR count). The predicted molar refractivity (Wildman–Crippen MR) is 188 cm³/mol. The smallest absolute Gasteiger partial charge is 0.472 e. The van der Waals surface area contributed by atoms with E-state index in [1.807, 2.05) is 0 Å². The minimum atomic E-state index is -1.50. The van der Waals surface area contributed by atoms with E-state index in [9.17, 15) is 0 Å². The molecule has 4 nitrogen and oxygen atoms in total. The van der Waals surface area contributed by atoms with Crippen molar-refractivity contribution >= 4 is 44.6 Å². The fourth-order valence-corrected chi connectivity index (χ4v) is 6.44. The molecule has 0 amide bonds. The number of nitrogens with zero attached hydrogens (tertiary/aromatic N) is 4. The van der Waals surface area contributed by atoms with E-state index in [0.717, 1.165) is 22.8 Å². The van der Waals surface area contributed by atoms with E-state index in [1.54, 1.807) is 0 Å². The molecule has 0 saturated heterocycles. The van der Waals surface area contributed by atoms with Gasteiger partial charge in [-0.3, -0.25) is 0 Å². The Labute approximate surface area is 266 Å². The van der Waals surface area contributed by atoms with Gasteiger partial charge in [-0.05, 0) is 25.0 Å². The molecule has 0 aliphatic rings. The second-order valence-electron chi connectivity index (χ2n) is 13.5. The van der Waals surface area contributed by atoms with Gasteiger partial charge in [0.25, 0.3) is 0 Å². The van der Waals surface area contributed by atoms with Gasteiger partial charge >= 0.3 is 26.2 Å². The Hall–Kier alpha value is -0.869. The Morgan fingerprint density at radius 2 is 0.718 bits per heavy atom. The zero-order valence-electron chi connectivity index (χ0n) is 27.9. The number of hydrogen-bond donors (Lipinski definition) is 0. The molecule has 0 aliphatic carbocycles. The van der Waals surface area contributed by atoms with E-state index in [-0.39, 0.29) is 41.1 Å². The summed E-state index contributed by atoms with van der Waals surface area (Å²) in [7, 11) is -6.00. The Morgan fingerprint density at radius 1 is 0.487 bits per heavy atom. The summed E-state index contributed by atoms with van der Waals surface area (Å²) >= 11 is 0. The Bertz CT molecular complexity index is 938. The van der Waals surface area contributed by atoms with E-state index < -0.39 is 32.9 Å². The first kappa shape index (κ1) is 42.6. The first-order chi connectivity index (χ1) is 16.1. The first-order valence-electron chi connectivity index (χ1n) is 12.9. The zero-order valence-corrected chi connectivity index (χ0v) is 34.4. The van der Waals surface area contributed by atoms with E-state index >= 15 is 0 Å². The minimum absolute atomic E-state index is 0. The van der Waals surface area contributed by atoms with Gasteiger partial charge in [0.2, 0.25) is 0 Å². The second kappa shape index (κ2) is 17.2. The van der Waals surface area contributed by atoms with Crippen LogP contribution in [0.5, 0.6) is 0 Å². The van der Waals surface area contributed by atoms with Crippen LogP contribution in [0.3, 0.4) is 0 Å². The third-order valence-corrected chi connectivity index (χ3v) is 7.92. The first-order valence-corrected chi connectivity index (χ1v) is 26.7. The Morgan fingerprint density at radius 3 is 0.897 bits per heavy atom. The topological polar surface area (TPSA) is 52.9 Å². The van der Waals surface area contributed by atoms with Crippen molar-refractivity contribution in [2.24, 2.45) is 9.32 Å². The van der Waals surface area contributed by atoms with Crippen molar-refractivity contribution in [1.82, 2.24) is 0 Å². The maximum Gasteiger partial charge on any atom is 4.00 e. The molecular weight excluding hydrogens is 620 g/mol. The van der Waals surface area contributed by atoms with Gasteiger partial charge in [0.15, 0.2) is 0 Å². The van der Waals surface area contributed by atoms with Crippen molar-refractivity contribution < 1.29 is 26.2 Å². The molecule has 0 bridgehead atoms. The number of rotatable bonds is 6. The maximum absolute atomic E-state index is 4.92. The molecule has 0 fully saturated rings. The summed E-state index contributed by atoms with van der Waals surface area (Å²) in [5, 5.41) is 0. The van der Waals surface area contributed by atoms with Gasteiger partial charge in [-0.1, -0.05) is 150 Å². The molecule has 9 heteroatoms. The van der Waals surface area contributed by atoms with Crippen LogP contribution in [-0.4, -0.2) is 44.6 Å². The molecule has 39 heavy (non-hydrogen) atoms. The molecule has 0 heterocycles. The third kappa shape index (κ3) is 20.6. The molecule has 2 aromatic carbocycles. The van der Waals surface area contributed by atoms with E-state index in [0.29, 0.717) is 0 Å². The van der Waals surface area contributed by atoms with E-state index in [2.05, 4.69) is 141 Å². The third-order valence-electron chi connectivity index (χ3n) is 4.38. The summed E-state index contributed by atoms with van der Waals surface area (Å²) in [6.45, 7) is 31.2. The van der Waals surface area contributed by atoms with Crippen LogP contribution in [0.15, 0.2) is 57.8 Å². The molecule has 0 unspecified atom stereocenters. The molecule has 0 atom stereocenters. The van der Waals surface area contributed by atoms with Crippen molar-refractivity contribution in [3.05, 3.63) is 95.6 Å². The number of benzene rings is 2. The average Bonchev–Trinajstić information content (AvgIpc) is 2.64. The maximum atomic E-state index is 4.92. The quantitative estimate of drug-likeness (QED) is 0.127. The molecule has 216 valence electrons. The normalized spacial score (nSPS) is 12.6. The Kier molecular flexibility index (Phi) is 18.8. The minimum Gasteiger partial charge on any atom is -0.472 e. The van der Waals surface area contributed by atoms with Crippen molar-refractivity contribution in [3.8, 4) is 0 Å². The van der Waals surface area contributed by atoms with Gasteiger partial charge in [-0.2, -0.15) is 0 Å². The largest absolute Gasteiger partial charge is 4.00 e. The summed E-state index contributed by atoms with van der Waals surface area (Å²) in [5.74, 6) is 1.93. The van der Waals surface area contributed by atoms with Gasteiger partial charge in [0.05, 0.1) is 0 Å². The summed E-state index contributed by atoms with van der Waals surface area (Å²) in [5.41, 5.74) is 4.87. The summed E-state index contributed by atoms with van der Waals surface area (Å²) < 4.78 is 9.84. The van der Waals surface area contributed by atoms with Crippen LogP contribution < -0.4 is 0 Å². The number of aryl methyl sites for hydroxylation is 2. The molecule has 0 aliphatic heterocycles. The monoisotopic (exact) mass is 674 g/mol. The fourth-order valence-electron chi connectivity index (χ4n) is 2.98. The molecule has 0 spiro atoms. The van der Waals surface area contributed by atoms with Crippen LogP contribution in [0.25, 0.3) is 9.96 Å². The average molecular weight is 676 g/mol. The van der Waals surface area contributed by atoms with Gasteiger partial charge in [-0.15, -0.1) is 0 Å². The van der Waals surface area contributed by atoms with Gasteiger partial charge in [-0.25, -0.2) is 0 Å². The molecule has 0 radical (unpaired) electrons. The van der Waals surface area contributed by atoms with Crippen molar-refractivity contribution in [1.29, 1.82) is 0 Å². The van der Waals surface area contributed by atoms with Crippen molar-refractivity contribution in [3.63, 3.8) is 0 Å². The van der Waals surface area contributed by atoms with Gasteiger partial charge in [0.1, 0.15) is 0 Å². The van der Waals surface area contributed by atoms with Crippen LogP contribution in [0.1, 0.15) is 22.3 Å². The standard InChI is InChI=1S/2C14H25N2Si2.2CH3.Zr/c2*1-12-8-10-13(11-9-12)14(15-17(2,3)4)16-18(5,6)7;;;/h2*8-11H,1-7H3;2*1H3;/q4*-1;+4. The number of hydrogen-bond acceptors (Lipinski definition) is 2. The van der Waals surface area contributed by atoms with Crippen molar-refractivity contribution in [2.75, 3.05) is 0 Å². The molecule has 0 N–H and O–H groups in total. The molecular formula is C30H56N4Si4Zr. The molecule has 0 aromatic heterocycles. The van der Waals surface area contributed by atoms with Crippen molar-refractivity contribution in [2.45, 2.75) is 92.4 Å². The van der Waals surface area contributed by atoms with Gasteiger partial charge in [0, 0.05) is 32.9 Å². The van der Waals surface area contributed by atoms with Crippen LogP contribution in [-0.2, 0) is 26.2 Å². The fraction of sp³-hybridized carbons (Fsp3) is 0.467. The molecule has 2 aromatic rings. The Balaban J connectivity index is -0.000000617. The molecule has 0 saturated carbocycles. The summed E-state index contributed by atoms with van der Waals surface area (Å²) in [6.07, 6.45) is 0. The SMILES string of the molecule is Cc1ccc(/C(=N/[Si](C)(C)C)[N-][Si](C)(C)C)cc1.Cc1ccc(/C(=N/[Si](C)(C)C)[N-][Si](C)(C)C)cc1.[CH3-].[CH3-].[Zr+4]. The summed E-state index contributed by atoms with van der Waals surface area (Å²) in [4.78, 5) is 9.84.